The average Bonchev–Trinajstić information content (AvgIpc) is 3.09. The van der Waals surface area contributed by atoms with E-state index in [2.05, 4.69) is 0 Å². The van der Waals surface area contributed by atoms with Gasteiger partial charge >= 0.3 is 0 Å². The van der Waals surface area contributed by atoms with Gasteiger partial charge in [0.1, 0.15) is 35.3 Å². The summed E-state index contributed by atoms with van der Waals surface area (Å²) in [6.45, 7) is 0. The maximum Gasteiger partial charge on any atom is 0.264 e. The van der Waals surface area contributed by atoms with Gasteiger partial charge in [-0.2, -0.15) is 0 Å². The van der Waals surface area contributed by atoms with E-state index in [1.165, 1.54) is 48.5 Å². The Morgan fingerprint density at radius 2 is 1.56 bits per heavy atom. The maximum absolute atomic E-state index is 13.5. The van der Waals surface area contributed by atoms with Crippen LogP contribution in [0.3, 0.4) is 0 Å². The molecule has 0 spiro atoms. The van der Waals surface area contributed by atoms with E-state index in [4.69, 9.17) is 17.0 Å². The third kappa shape index (κ3) is 4.51. The van der Waals surface area contributed by atoms with Crippen molar-refractivity contribution in [3.05, 3.63) is 89.5 Å². The van der Waals surface area contributed by atoms with Crippen molar-refractivity contribution in [3.63, 3.8) is 0 Å². The Balaban J connectivity index is 1.63. The Morgan fingerprint density at radius 1 is 0.938 bits per heavy atom. The fourth-order valence-electron chi connectivity index (χ4n) is 3.91. The summed E-state index contributed by atoms with van der Waals surface area (Å²) < 4.78 is 32.6. The fourth-order valence-corrected chi connectivity index (χ4v) is 4.25. The lowest BCUT2D eigenvalue weighted by molar-refractivity contribution is 0.126. The molecule has 0 saturated carbocycles. The molecule has 4 rings (SSSR count). The van der Waals surface area contributed by atoms with Gasteiger partial charge in [0.15, 0.2) is 0 Å². The highest BCUT2D eigenvalue weighted by Gasteiger charge is 2.42. The number of anilines is 1. The second kappa shape index (κ2) is 9.10. The van der Waals surface area contributed by atoms with Gasteiger partial charge in [0.2, 0.25) is 0 Å². The molecule has 8 heteroatoms. The molecule has 3 atom stereocenters. The lowest BCUT2D eigenvalue weighted by Crippen LogP contribution is -2.29. The zero-order valence-electron chi connectivity index (χ0n) is 16.9. The van der Waals surface area contributed by atoms with Gasteiger partial charge in [-0.05, 0) is 79.2 Å². The maximum atomic E-state index is 13.5. The molecule has 0 aromatic heterocycles. The minimum absolute atomic E-state index is 0.0932. The monoisotopic (exact) mass is 457 g/mol. The molecule has 32 heavy (non-hydrogen) atoms. The summed E-state index contributed by atoms with van der Waals surface area (Å²) in [6.07, 6.45) is -0.729. The largest absolute Gasteiger partial charge is 0.508 e. The van der Waals surface area contributed by atoms with Crippen molar-refractivity contribution in [1.82, 2.24) is 0 Å². The number of thiocarbonyl (C=S) groups is 1. The summed E-state index contributed by atoms with van der Waals surface area (Å²) >= 11 is 5.44. The molecule has 1 fully saturated rings. The number of ether oxygens (including phenoxy) is 1. The average molecular weight is 457 g/mol. The van der Waals surface area contributed by atoms with Crippen LogP contribution in [0.25, 0.3) is 0 Å². The first kappa shape index (κ1) is 22.0. The van der Waals surface area contributed by atoms with Crippen molar-refractivity contribution in [2.45, 2.75) is 31.1 Å². The van der Waals surface area contributed by atoms with Crippen LogP contribution < -0.4 is 4.90 Å². The number of benzene rings is 3. The molecule has 0 radical (unpaired) electrons. The van der Waals surface area contributed by atoms with Crippen molar-refractivity contribution in [2.24, 2.45) is 0 Å². The second-order valence-electron chi connectivity index (χ2n) is 7.60. The Morgan fingerprint density at radius 3 is 2.19 bits per heavy atom. The highest BCUT2D eigenvalue weighted by Crippen LogP contribution is 2.43. The number of hydrogen-bond donors (Lipinski definition) is 3. The van der Waals surface area contributed by atoms with Gasteiger partial charge in [-0.1, -0.05) is 12.1 Å². The molecule has 3 aromatic carbocycles. The molecule has 166 valence electrons. The molecule has 5 nitrogen and oxygen atoms in total. The van der Waals surface area contributed by atoms with E-state index in [1.807, 2.05) is 0 Å². The Hall–Kier alpha value is -3.23. The summed E-state index contributed by atoms with van der Waals surface area (Å²) in [6, 6.07) is 15.0. The highest BCUT2D eigenvalue weighted by molar-refractivity contribution is 7.80. The van der Waals surface area contributed by atoms with Gasteiger partial charge in [-0.25, -0.2) is 8.78 Å². The van der Waals surface area contributed by atoms with Crippen molar-refractivity contribution in [1.29, 1.82) is 0 Å². The molecular formula is C24H21F2NO4S. The Kier molecular flexibility index (Phi) is 6.25. The highest BCUT2D eigenvalue weighted by atomic mass is 32.1. The van der Waals surface area contributed by atoms with E-state index in [9.17, 15) is 24.1 Å². The van der Waals surface area contributed by atoms with Crippen LogP contribution in [0.4, 0.5) is 14.5 Å². The normalized spacial score (nSPS) is 19.1. The van der Waals surface area contributed by atoms with Crippen molar-refractivity contribution >= 4 is 23.1 Å². The predicted molar refractivity (Wildman–Crippen MR) is 119 cm³/mol. The van der Waals surface area contributed by atoms with Crippen LogP contribution >= 0.6 is 12.2 Å². The van der Waals surface area contributed by atoms with Gasteiger partial charge in [-0.15, -0.1) is 0 Å². The number of aliphatic hydroxyl groups is 1. The zero-order valence-corrected chi connectivity index (χ0v) is 17.7. The Labute approximate surface area is 189 Å². The minimum Gasteiger partial charge on any atom is -0.508 e. The molecule has 1 heterocycles. The topological polar surface area (TPSA) is 73.2 Å². The van der Waals surface area contributed by atoms with Crippen LogP contribution in [0.2, 0.25) is 0 Å². The standard InChI is InChI=1S/C24H21F2NO4S/c25-15-3-1-14(2-4-15)20(29)11-12-22-23(19-10-9-18(28)13-21(19)30)27(24(32)31-22)17-7-5-16(26)6-8-17/h1-10,13,20,22-23,28-30H,11-12H2. The van der Waals surface area contributed by atoms with Crippen molar-refractivity contribution in [2.75, 3.05) is 4.90 Å². The van der Waals surface area contributed by atoms with Crippen LogP contribution in [0, 0.1) is 11.6 Å². The number of phenols is 2. The number of rotatable bonds is 6. The van der Waals surface area contributed by atoms with Gasteiger partial charge in [0.05, 0.1) is 6.10 Å². The molecular weight excluding hydrogens is 436 g/mol. The van der Waals surface area contributed by atoms with E-state index >= 15 is 0 Å². The third-order valence-corrected chi connectivity index (χ3v) is 5.79. The summed E-state index contributed by atoms with van der Waals surface area (Å²) in [5.41, 5.74) is 1.62. The number of halogens is 2. The fraction of sp³-hybridized carbons (Fsp3) is 0.208. The van der Waals surface area contributed by atoms with Crippen LogP contribution in [0.1, 0.15) is 36.1 Å². The predicted octanol–water partition coefficient (Wildman–Crippen LogP) is 5.12. The first-order valence-electron chi connectivity index (χ1n) is 10.0. The molecule has 0 amide bonds. The number of hydrogen-bond acceptors (Lipinski definition) is 5. The third-order valence-electron chi connectivity index (χ3n) is 5.50. The molecule has 1 aliphatic rings. The van der Waals surface area contributed by atoms with Crippen LogP contribution in [0.15, 0.2) is 66.7 Å². The smallest absolute Gasteiger partial charge is 0.264 e. The van der Waals surface area contributed by atoms with E-state index in [0.29, 0.717) is 29.7 Å². The second-order valence-corrected chi connectivity index (χ2v) is 7.95. The van der Waals surface area contributed by atoms with Gasteiger partial charge < -0.3 is 20.1 Å². The van der Waals surface area contributed by atoms with Gasteiger partial charge in [0.25, 0.3) is 5.17 Å². The van der Waals surface area contributed by atoms with Crippen LogP contribution in [-0.4, -0.2) is 26.6 Å². The number of nitrogens with zero attached hydrogens (tertiary/aromatic N) is 1. The lowest BCUT2D eigenvalue weighted by Gasteiger charge is -2.27. The zero-order chi connectivity index (χ0) is 22.8. The van der Waals surface area contributed by atoms with E-state index in [0.717, 1.165) is 0 Å². The van der Waals surface area contributed by atoms with Crippen molar-refractivity contribution in [3.8, 4) is 11.5 Å². The molecule has 1 saturated heterocycles. The molecule has 3 unspecified atom stereocenters. The summed E-state index contributed by atoms with van der Waals surface area (Å²) in [4.78, 5) is 1.68. The van der Waals surface area contributed by atoms with Crippen LogP contribution in [-0.2, 0) is 4.74 Å². The molecule has 1 aliphatic heterocycles. The quantitative estimate of drug-likeness (QED) is 0.446. The van der Waals surface area contributed by atoms with Crippen LogP contribution in [0.5, 0.6) is 11.5 Å². The number of aromatic hydroxyl groups is 2. The summed E-state index contributed by atoms with van der Waals surface area (Å²) in [5, 5.41) is 30.9. The first-order valence-corrected chi connectivity index (χ1v) is 10.4. The lowest BCUT2D eigenvalue weighted by atomic mass is 9.94. The summed E-state index contributed by atoms with van der Waals surface area (Å²) in [7, 11) is 0. The first-order chi connectivity index (χ1) is 15.3. The van der Waals surface area contributed by atoms with Gasteiger partial charge in [0, 0.05) is 17.3 Å². The van der Waals surface area contributed by atoms with E-state index in [-0.39, 0.29) is 22.5 Å². The van der Waals surface area contributed by atoms with Crippen molar-refractivity contribution < 1.29 is 28.8 Å². The SMILES string of the molecule is Oc1ccc(C2C(CCC(O)c3ccc(F)cc3)OC(=S)N2c2ccc(F)cc2)c(O)c1. The number of phenolic OH excluding ortho intramolecular Hbond substituents is 2. The number of aliphatic hydroxyl groups excluding tert-OH is 1. The van der Waals surface area contributed by atoms with Gasteiger partial charge in [-0.3, -0.25) is 4.90 Å². The molecule has 3 N–H and O–H groups in total. The van der Waals surface area contributed by atoms with E-state index < -0.39 is 24.1 Å². The van der Waals surface area contributed by atoms with E-state index in [1.54, 1.807) is 23.1 Å². The molecule has 0 aliphatic carbocycles. The minimum atomic E-state index is -0.846. The molecule has 3 aromatic rings. The molecule has 0 bridgehead atoms. The Bertz CT molecular complexity index is 1110. The summed E-state index contributed by atoms with van der Waals surface area (Å²) in [5.74, 6) is -1.02.